The first-order valence-corrected chi connectivity index (χ1v) is 7.09. The molecule has 1 aromatic rings. The van der Waals surface area contributed by atoms with Crippen LogP contribution in [0.4, 0.5) is 4.39 Å². The first kappa shape index (κ1) is 14.5. The van der Waals surface area contributed by atoms with Crippen LogP contribution < -0.4 is 5.32 Å². The van der Waals surface area contributed by atoms with Gasteiger partial charge in [0.2, 0.25) is 0 Å². The summed E-state index contributed by atoms with van der Waals surface area (Å²) in [5.41, 5.74) is 1.06. The molecule has 0 aliphatic rings. The predicted molar refractivity (Wildman–Crippen MR) is 74.0 cm³/mol. The van der Waals surface area contributed by atoms with Gasteiger partial charge in [-0.15, -0.1) is 11.8 Å². The predicted octanol–water partition coefficient (Wildman–Crippen LogP) is 4.21. The van der Waals surface area contributed by atoms with E-state index in [9.17, 15) is 4.39 Å². The first-order valence-electron chi connectivity index (χ1n) is 6.21. The van der Waals surface area contributed by atoms with Gasteiger partial charge in [-0.1, -0.05) is 27.7 Å². The summed E-state index contributed by atoms with van der Waals surface area (Å²) in [5.74, 6) is -0.154. The maximum absolute atomic E-state index is 13.3. The van der Waals surface area contributed by atoms with E-state index in [0.29, 0.717) is 11.3 Å². The van der Waals surface area contributed by atoms with Crippen molar-refractivity contribution in [3.05, 3.63) is 29.6 Å². The number of thioether (sulfide) groups is 1. The standard InChI is InChI=1S/C14H22FNS/c1-5-11(4)17-14-7-6-13(15)8-12(14)9-16-10(2)3/h6-8,10-11,16H,5,9H2,1-4H3. The highest BCUT2D eigenvalue weighted by Crippen LogP contribution is 2.28. The van der Waals surface area contributed by atoms with Crippen LogP contribution in [-0.2, 0) is 6.54 Å². The van der Waals surface area contributed by atoms with Crippen LogP contribution in [0.3, 0.4) is 0 Å². The molecule has 17 heavy (non-hydrogen) atoms. The number of benzene rings is 1. The average Bonchev–Trinajstić information content (AvgIpc) is 2.29. The molecule has 0 spiro atoms. The van der Waals surface area contributed by atoms with E-state index in [0.717, 1.165) is 18.5 Å². The van der Waals surface area contributed by atoms with Gasteiger partial charge in [0.25, 0.3) is 0 Å². The summed E-state index contributed by atoms with van der Waals surface area (Å²) in [6, 6.07) is 5.49. The quantitative estimate of drug-likeness (QED) is 0.764. The van der Waals surface area contributed by atoms with Gasteiger partial charge in [-0.25, -0.2) is 4.39 Å². The zero-order chi connectivity index (χ0) is 12.8. The molecule has 1 N–H and O–H groups in total. The van der Waals surface area contributed by atoms with E-state index in [1.54, 1.807) is 12.1 Å². The van der Waals surface area contributed by atoms with Crippen LogP contribution >= 0.6 is 11.8 Å². The number of hydrogen-bond donors (Lipinski definition) is 1. The molecule has 0 aliphatic carbocycles. The Morgan fingerprint density at radius 1 is 1.29 bits per heavy atom. The second-order valence-electron chi connectivity index (χ2n) is 4.62. The topological polar surface area (TPSA) is 12.0 Å². The van der Waals surface area contributed by atoms with Crippen LogP contribution in [0.2, 0.25) is 0 Å². The molecule has 0 radical (unpaired) electrons. The fraction of sp³-hybridized carbons (Fsp3) is 0.571. The lowest BCUT2D eigenvalue weighted by atomic mass is 10.2. The molecule has 1 rings (SSSR count). The smallest absolute Gasteiger partial charge is 0.123 e. The molecule has 1 aromatic carbocycles. The Hall–Kier alpha value is -0.540. The summed E-state index contributed by atoms with van der Waals surface area (Å²) in [7, 11) is 0. The number of nitrogens with one attached hydrogen (secondary N) is 1. The lowest BCUT2D eigenvalue weighted by Gasteiger charge is -2.15. The third-order valence-corrected chi connectivity index (χ3v) is 4.01. The lowest BCUT2D eigenvalue weighted by Crippen LogP contribution is -2.22. The molecule has 3 heteroatoms. The van der Waals surface area contributed by atoms with E-state index >= 15 is 0 Å². The van der Waals surface area contributed by atoms with Crippen molar-refractivity contribution in [3.8, 4) is 0 Å². The van der Waals surface area contributed by atoms with Crippen molar-refractivity contribution >= 4 is 11.8 Å². The third kappa shape index (κ3) is 5.09. The molecule has 0 saturated carbocycles. The minimum absolute atomic E-state index is 0.154. The molecule has 1 unspecified atom stereocenters. The highest BCUT2D eigenvalue weighted by atomic mass is 32.2. The summed E-state index contributed by atoms with van der Waals surface area (Å²) >= 11 is 1.82. The van der Waals surface area contributed by atoms with Crippen LogP contribution in [0.5, 0.6) is 0 Å². The molecular formula is C14H22FNS. The molecular weight excluding hydrogens is 233 g/mol. The molecule has 0 bridgehead atoms. The van der Waals surface area contributed by atoms with Gasteiger partial charge in [-0.2, -0.15) is 0 Å². The minimum atomic E-state index is -0.154. The second-order valence-corrected chi connectivity index (χ2v) is 6.10. The molecule has 0 saturated heterocycles. The fourth-order valence-corrected chi connectivity index (χ4v) is 2.44. The Kier molecular flexibility index (Phi) is 6.00. The Morgan fingerprint density at radius 2 is 2.00 bits per heavy atom. The van der Waals surface area contributed by atoms with E-state index < -0.39 is 0 Å². The molecule has 0 aliphatic heterocycles. The van der Waals surface area contributed by atoms with Crippen molar-refractivity contribution in [1.29, 1.82) is 0 Å². The number of rotatable bonds is 6. The van der Waals surface area contributed by atoms with Crippen molar-refractivity contribution in [2.45, 2.75) is 56.8 Å². The van der Waals surface area contributed by atoms with Crippen LogP contribution in [-0.4, -0.2) is 11.3 Å². The lowest BCUT2D eigenvalue weighted by molar-refractivity contribution is 0.576. The van der Waals surface area contributed by atoms with Crippen LogP contribution in [0.1, 0.15) is 39.7 Å². The van der Waals surface area contributed by atoms with Crippen molar-refractivity contribution in [2.75, 3.05) is 0 Å². The third-order valence-electron chi connectivity index (χ3n) is 2.63. The summed E-state index contributed by atoms with van der Waals surface area (Å²) in [6.45, 7) is 9.30. The van der Waals surface area contributed by atoms with Crippen LogP contribution in [0, 0.1) is 5.82 Å². The molecule has 1 nitrogen and oxygen atoms in total. The summed E-state index contributed by atoms with van der Waals surface area (Å²) in [5, 5.41) is 3.91. The Labute approximate surface area is 108 Å². The van der Waals surface area contributed by atoms with Gasteiger partial charge in [-0.3, -0.25) is 0 Å². The van der Waals surface area contributed by atoms with Gasteiger partial charge < -0.3 is 5.32 Å². The molecule has 0 fully saturated rings. The molecule has 1 atom stereocenters. The Bertz CT molecular complexity index is 352. The monoisotopic (exact) mass is 255 g/mol. The minimum Gasteiger partial charge on any atom is -0.310 e. The van der Waals surface area contributed by atoms with E-state index in [4.69, 9.17) is 0 Å². The summed E-state index contributed by atoms with van der Waals surface area (Å²) < 4.78 is 13.3. The second kappa shape index (κ2) is 7.02. The maximum Gasteiger partial charge on any atom is 0.123 e. The average molecular weight is 255 g/mol. The highest BCUT2D eigenvalue weighted by Gasteiger charge is 2.08. The van der Waals surface area contributed by atoms with E-state index in [1.165, 1.54) is 4.90 Å². The van der Waals surface area contributed by atoms with E-state index in [2.05, 4.69) is 33.0 Å². The van der Waals surface area contributed by atoms with Gasteiger partial charge in [0.05, 0.1) is 0 Å². The SMILES string of the molecule is CCC(C)Sc1ccc(F)cc1CNC(C)C. The van der Waals surface area contributed by atoms with Crippen molar-refractivity contribution in [3.63, 3.8) is 0 Å². The zero-order valence-corrected chi connectivity index (χ0v) is 11.9. The molecule has 96 valence electrons. The van der Waals surface area contributed by atoms with Crippen molar-refractivity contribution in [1.82, 2.24) is 5.32 Å². The largest absolute Gasteiger partial charge is 0.310 e. The normalized spacial score (nSPS) is 13.1. The molecule has 0 amide bonds. The van der Waals surface area contributed by atoms with Gasteiger partial charge >= 0.3 is 0 Å². The van der Waals surface area contributed by atoms with Crippen LogP contribution in [0.25, 0.3) is 0 Å². The fourth-order valence-electron chi connectivity index (χ4n) is 1.42. The summed E-state index contributed by atoms with van der Waals surface area (Å²) in [4.78, 5) is 1.19. The Morgan fingerprint density at radius 3 is 2.59 bits per heavy atom. The number of hydrogen-bond acceptors (Lipinski definition) is 2. The maximum atomic E-state index is 13.3. The van der Waals surface area contributed by atoms with Gasteiger partial charge in [0.15, 0.2) is 0 Å². The highest BCUT2D eigenvalue weighted by molar-refractivity contribution is 8.00. The van der Waals surface area contributed by atoms with Crippen molar-refractivity contribution in [2.24, 2.45) is 0 Å². The molecule has 0 aromatic heterocycles. The molecule has 0 heterocycles. The van der Waals surface area contributed by atoms with Gasteiger partial charge in [0.1, 0.15) is 5.82 Å². The Balaban J connectivity index is 2.79. The van der Waals surface area contributed by atoms with Crippen molar-refractivity contribution < 1.29 is 4.39 Å². The number of halogens is 1. The first-order chi connectivity index (χ1) is 8.02. The zero-order valence-electron chi connectivity index (χ0n) is 11.1. The van der Waals surface area contributed by atoms with E-state index in [1.807, 2.05) is 17.8 Å². The van der Waals surface area contributed by atoms with E-state index in [-0.39, 0.29) is 5.82 Å². The summed E-state index contributed by atoms with van der Waals surface area (Å²) in [6.07, 6.45) is 1.12. The van der Waals surface area contributed by atoms with Crippen LogP contribution in [0.15, 0.2) is 23.1 Å². The van der Waals surface area contributed by atoms with Gasteiger partial charge in [0, 0.05) is 22.7 Å². The van der Waals surface area contributed by atoms with Gasteiger partial charge in [-0.05, 0) is 30.2 Å².